The number of methoxy groups -OCH3 is 1. The number of carbonyl (C=O) groups is 1. The quantitative estimate of drug-likeness (QED) is 0.207. The number of benzene rings is 2. The molecule has 0 saturated carbocycles. The first kappa shape index (κ1) is 30.4. The maximum atomic E-state index is 13.8. The maximum absolute atomic E-state index is 13.8. The van der Waals surface area contributed by atoms with Crippen molar-refractivity contribution in [2.45, 2.75) is 44.3 Å². The lowest BCUT2D eigenvalue weighted by molar-refractivity contribution is -0.224. The summed E-state index contributed by atoms with van der Waals surface area (Å²) in [6.45, 7) is 1.39. The molecule has 1 unspecified atom stereocenters. The number of quaternary nitrogens is 1. The fraction of sp³-hybridized carbons (Fsp3) is 0.423. The van der Waals surface area contributed by atoms with E-state index in [2.05, 4.69) is 14.8 Å². The third-order valence-corrected chi connectivity index (χ3v) is 6.84. The average molecular weight is 592 g/mol. The number of hydrogen-bond acceptors (Lipinski definition) is 6. The van der Waals surface area contributed by atoms with E-state index in [9.17, 15) is 35.5 Å². The summed E-state index contributed by atoms with van der Waals surface area (Å²) in [5.41, 5.74) is -2.83. The number of alkyl halides is 6. The van der Waals surface area contributed by atoms with Gasteiger partial charge < -0.3 is 14.2 Å². The molecule has 8 nitrogen and oxygen atoms in total. The molecule has 1 aromatic heterocycles. The summed E-state index contributed by atoms with van der Waals surface area (Å²) >= 11 is 0. The van der Waals surface area contributed by atoms with Gasteiger partial charge in [-0.2, -0.15) is 31.3 Å². The van der Waals surface area contributed by atoms with Crippen molar-refractivity contribution in [1.29, 1.82) is 0 Å². The lowest BCUT2D eigenvalue weighted by Crippen LogP contribution is -2.60. The van der Waals surface area contributed by atoms with Crippen LogP contribution in [0.3, 0.4) is 0 Å². The fourth-order valence-corrected chi connectivity index (χ4v) is 4.63. The molecule has 1 fully saturated rings. The van der Waals surface area contributed by atoms with Gasteiger partial charge in [-0.25, -0.2) is 13.6 Å². The normalized spacial score (nSPS) is 22.4. The van der Waals surface area contributed by atoms with Crippen LogP contribution in [0.1, 0.15) is 41.3 Å². The highest BCUT2D eigenvalue weighted by Crippen LogP contribution is 2.42. The Morgan fingerprint density at radius 2 is 1.71 bits per heavy atom. The smallest absolute Gasteiger partial charge is 0.416 e. The molecular weight excluding hydrogens is 565 g/mol. The van der Waals surface area contributed by atoms with E-state index in [1.54, 1.807) is 7.05 Å². The Balaban J connectivity index is 1.73. The first-order valence-electron chi connectivity index (χ1n) is 12.3. The van der Waals surface area contributed by atoms with Gasteiger partial charge in [0.2, 0.25) is 6.29 Å². The van der Waals surface area contributed by atoms with Crippen molar-refractivity contribution in [3.63, 3.8) is 0 Å². The third kappa shape index (κ3) is 6.68. The maximum Gasteiger partial charge on any atom is 0.416 e. The molecule has 0 amide bonds. The van der Waals surface area contributed by atoms with E-state index in [-0.39, 0.29) is 41.8 Å². The Bertz CT molecular complexity index is 1350. The molecule has 0 N–H and O–H groups in total. The third-order valence-electron chi connectivity index (χ3n) is 6.84. The van der Waals surface area contributed by atoms with E-state index in [4.69, 9.17) is 9.47 Å². The van der Waals surface area contributed by atoms with Crippen LogP contribution in [0.5, 0.6) is 0 Å². The van der Waals surface area contributed by atoms with Gasteiger partial charge in [0.1, 0.15) is 25.2 Å². The standard InChI is InChI=1S/C26H26F7N4O4/c1-15(17-10-18(25(28,29)30)12-19(11-17)26(31,32)33)41-23-22(16-4-6-20(27)7-5-16)37(2,8-9-40-23)24-34-14-36(35-24)13-21(38)39-3/h4-7,10-12,14-15,22-23H,8-9,13H2,1-3H3/q+1/t15-,22+,23-,37?/m1/s1. The summed E-state index contributed by atoms with van der Waals surface area (Å²) < 4.78 is 112. The minimum atomic E-state index is -5.03. The second-order valence-electron chi connectivity index (χ2n) is 9.66. The molecule has 1 aliphatic heterocycles. The van der Waals surface area contributed by atoms with E-state index in [0.29, 0.717) is 17.7 Å². The number of esters is 1. The zero-order valence-corrected chi connectivity index (χ0v) is 22.0. The summed E-state index contributed by atoms with van der Waals surface area (Å²) in [7, 11) is 2.94. The van der Waals surface area contributed by atoms with Gasteiger partial charge in [0.15, 0.2) is 6.04 Å². The number of likely N-dealkylation sites (N-methyl/N-ethyl adjacent to an activating group) is 1. The predicted molar refractivity (Wildman–Crippen MR) is 129 cm³/mol. The summed E-state index contributed by atoms with van der Waals surface area (Å²) in [4.78, 5) is 16.0. The van der Waals surface area contributed by atoms with Gasteiger partial charge in [-0.1, -0.05) is 5.10 Å². The van der Waals surface area contributed by atoms with Gasteiger partial charge >= 0.3 is 24.3 Å². The molecular formula is C26H26F7N4O4+. The number of nitrogens with zero attached hydrogens (tertiary/aromatic N) is 4. The minimum Gasteiger partial charge on any atom is -0.468 e. The van der Waals surface area contributed by atoms with Gasteiger partial charge in [-0.05, 0) is 55.0 Å². The number of halogens is 7. The van der Waals surface area contributed by atoms with Crippen LogP contribution in [-0.4, -0.2) is 54.3 Å². The van der Waals surface area contributed by atoms with Crippen molar-refractivity contribution in [3.8, 4) is 0 Å². The number of carbonyl (C=O) groups excluding carboxylic acids is 1. The monoisotopic (exact) mass is 591 g/mol. The summed E-state index contributed by atoms with van der Waals surface area (Å²) in [6.07, 6.45) is -11.3. The SMILES string of the molecule is COC(=O)Cn1cnc([N+]2(C)CCO[C@H](O[C@H](C)c3cc(C(F)(F)F)cc(C(F)(F)F)c3)[C@@H]2c2ccc(F)cc2)n1. The zero-order valence-electron chi connectivity index (χ0n) is 22.0. The Kier molecular flexibility index (Phi) is 8.43. The second-order valence-corrected chi connectivity index (χ2v) is 9.66. The minimum absolute atomic E-state index is 0.0406. The topological polar surface area (TPSA) is 75.5 Å². The Morgan fingerprint density at radius 1 is 1.10 bits per heavy atom. The summed E-state index contributed by atoms with van der Waals surface area (Å²) in [5, 5.41) is 4.38. The number of hydrogen-bond donors (Lipinski definition) is 0. The van der Waals surface area contributed by atoms with Crippen molar-refractivity contribution in [3.05, 3.63) is 76.9 Å². The van der Waals surface area contributed by atoms with E-state index in [1.807, 2.05) is 0 Å². The molecule has 0 aliphatic carbocycles. The highest BCUT2D eigenvalue weighted by atomic mass is 19.4. The van der Waals surface area contributed by atoms with Crippen LogP contribution in [0.25, 0.3) is 0 Å². The predicted octanol–water partition coefficient (Wildman–Crippen LogP) is 5.44. The number of aromatic nitrogens is 3. The van der Waals surface area contributed by atoms with Crippen LogP contribution in [0.4, 0.5) is 36.7 Å². The van der Waals surface area contributed by atoms with E-state index < -0.39 is 53.7 Å². The van der Waals surface area contributed by atoms with Gasteiger partial charge in [0.25, 0.3) is 0 Å². The molecule has 3 aromatic rings. The largest absolute Gasteiger partial charge is 0.468 e. The molecule has 15 heteroatoms. The van der Waals surface area contributed by atoms with Crippen LogP contribution >= 0.6 is 0 Å². The van der Waals surface area contributed by atoms with Crippen LogP contribution in [0.15, 0.2) is 48.8 Å². The highest BCUT2D eigenvalue weighted by Gasteiger charge is 2.50. The molecule has 0 bridgehead atoms. The van der Waals surface area contributed by atoms with Crippen molar-refractivity contribution in [2.24, 2.45) is 0 Å². The lowest BCUT2D eigenvalue weighted by atomic mass is 9.99. The lowest BCUT2D eigenvalue weighted by Gasteiger charge is -2.45. The molecule has 4 rings (SSSR count). The van der Waals surface area contributed by atoms with Crippen LogP contribution < -0.4 is 4.48 Å². The van der Waals surface area contributed by atoms with Crippen LogP contribution in [0.2, 0.25) is 0 Å². The number of rotatable bonds is 7. The molecule has 0 radical (unpaired) electrons. The van der Waals surface area contributed by atoms with Crippen LogP contribution in [0, 0.1) is 5.82 Å². The molecule has 1 saturated heterocycles. The molecule has 2 heterocycles. The van der Waals surface area contributed by atoms with Crippen molar-refractivity contribution in [1.82, 2.24) is 19.2 Å². The first-order chi connectivity index (χ1) is 19.1. The van der Waals surface area contributed by atoms with Crippen molar-refractivity contribution < 1.29 is 49.7 Å². The Morgan fingerprint density at radius 3 is 2.27 bits per heavy atom. The number of ether oxygens (including phenoxy) is 3. The van der Waals surface area contributed by atoms with E-state index in [0.717, 1.165) is 0 Å². The Hall–Kier alpha value is -3.56. The molecule has 41 heavy (non-hydrogen) atoms. The zero-order chi connectivity index (χ0) is 30.2. The highest BCUT2D eigenvalue weighted by molar-refractivity contribution is 5.68. The Labute approximate surface area is 229 Å². The van der Waals surface area contributed by atoms with Crippen LogP contribution in [-0.2, 0) is 37.9 Å². The van der Waals surface area contributed by atoms with E-state index >= 15 is 0 Å². The summed E-state index contributed by atoms with van der Waals surface area (Å²) in [5.74, 6) is -0.892. The van der Waals surface area contributed by atoms with Crippen molar-refractivity contribution >= 4 is 11.9 Å². The molecule has 4 atom stereocenters. The van der Waals surface area contributed by atoms with E-state index in [1.165, 1.54) is 49.3 Å². The fourth-order valence-electron chi connectivity index (χ4n) is 4.63. The molecule has 0 spiro atoms. The molecule has 222 valence electrons. The van der Waals surface area contributed by atoms with Gasteiger partial charge in [-0.15, -0.1) is 0 Å². The second kappa shape index (κ2) is 11.4. The van der Waals surface area contributed by atoms with Gasteiger partial charge in [-0.3, -0.25) is 4.79 Å². The average Bonchev–Trinajstić information content (AvgIpc) is 3.37. The first-order valence-corrected chi connectivity index (χ1v) is 12.3. The number of morpholine rings is 1. The molecule has 1 aliphatic rings. The summed E-state index contributed by atoms with van der Waals surface area (Å²) in [6, 6.07) is 5.71. The van der Waals surface area contributed by atoms with Gasteiger partial charge in [0, 0.05) is 5.56 Å². The van der Waals surface area contributed by atoms with Crippen molar-refractivity contribution in [2.75, 3.05) is 27.3 Å². The molecule has 2 aromatic carbocycles. The van der Waals surface area contributed by atoms with Gasteiger partial charge in [0.05, 0.1) is 38.0 Å².